The van der Waals surface area contributed by atoms with Crippen LogP contribution in [0.4, 0.5) is 0 Å². The lowest BCUT2D eigenvalue weighted by atomic mass is 10.0. The summed E-state index contributed by atoms with van der Waals surface area (Å²) >= 11 is 0. The predicted molar refractivity (Wildman–Crippen MR) is 89.1 cm³/mol. The van der Waals surface area contributed by atoms with E-state index in [1.54, 1.807) is 0 Å². The highest BCUT2D eigenvalue weighted by atomic mass is 16.5. The van der Waals surface area contributed by atoms with Crippen LogP contribution >= 0.6 is 0 Å². The first kappa shape index (κ1) is 18.8. The molecule has 2 rings (SSSR count). The number of ether oxygens (including phenoxy) is 1. The van der Waals surface area contributed by atoms with Gasteiger partial charge in [-0.25, -0.2) is 4.79 Å². The van der Waals surface area contributed by atoms with E-state index in [4.69, 9.17) is 20.7 Å². The number of rotatable bonds is 7. The molecule has 0 atom stereocenters. The van der Waals surface area contributed by atoms with E-state index in [1.165, 1.54) is 0 Å². The summed E-state index contributed by atoms with van der Waals surface area (Å²) in [6.45, 7) is 0.501. The maximum absolute atomic E-state index is 10.6. The van der Waals surface area contributed by atoms with E-state index in [1.807, 2.05) is 60.7 Å². The number of hydrogen-bond acceptors (Lipinski definition) is 4. The Morgan fingerprint density at radius 2 is 1.48 bits per heavy atom. The van der Waals surface area contributed by atoms with Crippen LogP contribution in [0.25, 0.3) is 0 Å². The smallest absolute Gasteiger partial charge is 0.329 e. The minimum Gasteiger partial charge on any atom is -0.480 e. The molecule has 0 bridgehead atoms. The number of aliphatic hydroxyl groups excluding tert-OH is 1. The summed E-state index contributed by atoms with van der Waals surface area (Å²) in [5.41, 5.74) is 6.88. The molecule has 0 unspecified atom stereocenters. The Labute approximate surface area is 136 Å². The van der Waals surface area contributed by atoms with E-state index in [0.717, 1.165) is 17.5 Å². The third-order valence-electron chi connectivity index (χ3n) is 2.94. The molecule has 5 heteroatoms. The molecule has 0 radical (unpaired) electrons. The molecule has 0 saturated heterocycles. The summed E-state index contributed by atoms with van der Waals surface area (Å²) < 4.78 is 5.48. The van der Waals surface area contributed by atoms with Gasteiger partial charge >= 0.3 is 5.97 Å². The van der Waals surface area contributed by atoms with Gasteiger partial charge in [0.2, 0.25) is 0 Å². The third kappa shape index (κ3) is 7.56. The van der Waals surface area contributed by atoms with Crippen molar-refractivity contribution in [3.05, 3.63) is 71.8 Å². The second-order valence-electron chi connectivity index (χ2n) is 4.77. The Morgan fingerprint density at radius 3 is 1.78 bits per heavy atom. The van der Waals surface area contributed by atoms with Crippen molar-refractivity contribution in [2.45, 2.75) is 12.5 Å². The summed E-state index contributed by atoms with van der Waals surface area (Å²) in [4.78, 5) is 10.6. The lowest BCUT2D eigenvalue weighted by molar-refractivity contribution is -0.143. The number of nitrogens with two attached hydrogens (primary N) is 1. The monoisotopic (exact) mass is 317 g/mol. The number of carboxylic acid groups (broad SMARTS) is 1. The largest absolute Gasteiger partial charge is 0.480 e. The van der Waals surface area contributed by atoms with Crippen molar-refractivity contribution < 1.29 is 19.7 Å². The zero-order valence-corrected chi connectivity index (χ0v) is 13.0. The van der Waals surface area contributed by atoms with Crippen LogP contribution in [0.2, 0.25) is 0 Å². The first-order valence-corrected chi connectivity index (χ1v) is 7.43. The Bertz CT molecular complexity index is 504. The number of hydrogen-bond donors (Lipinski definition) is 3. The maximum atomic E-state index is 10.6. The van der Waals surface area contributed by atoms with Crippen LogP contribution in [0.5, 0.6) is 0 Å². The van der Waals surface area contributed by atoms with Crippen LogP contribution in [-0.4, -0.2) is 35.9 Å². The van der Waals surface area contributed by atoms with Gasteiger partial charge in [0, 0.05) is 6.61 Å². The van der Waals surface area contributed by atoms with Crippen molar-refractivity contribution in [3.8, 4) is 0 Å². The highest BCUT2D eigenvalue weighted by Crippen LogP contribution is 2.25. The van der Waals surface area contributed by atoms with Gasteiger partial charge in [0.15, 0.2) is 0 Å². The number of aliphatic hydroxyl groups is 1. The van der Waals surface area contributed by atoms with Crippen LogP contribution in [0.1, 0.15) is 23.7 Å². The summed E-state index contributed by atoms with van der Waals surface area (Å²) in [6.07, 6.45) is 0.378. The third-order valence-corrected chi connectivity index (χ3v) is 2.94. The van der Waals surface area contributed by atoms with E-state index in [2.05, 4.69) is 0 Å². The lowest BCUT2D eigenvalue weighted by Crippen LogP contribution is -2.13. The molecule has 0 aromatic heterocycles. The second-order valence-corrected chi connectivity index (χ2v) is 4.77. The van der Waals surface area contributed by atoms with Gasteiger partial charge in [-0.2, -0.15) is 0 Å². The minimum absolute atomic E-state index is 0.219. The summed E-state index contributed by atoms with van der Waals surface area (Å²) in [5, 5.41) is 16.7. The predicted octanol–water partition coefficient (Wildman–Crippen LogP) is 2.20. The standard InChI is InChI=1S/C15H14O3.C3H9NO/c16-14(17)11-18-15(12-7-3-1-4-8-12)13-9-5-2-6-10-13;4-2-1-3-5/h1-10,15H,11H2,(H,16,17);5H,1-4H2. The quantitative estimate of drug-likeness (QED) is 0.728. The topological polar surface area (TPSA) is 92.8 Å². The molecule has 23 heavy (non-hydrogen) atoms. The Kier molecular flexibility index (Phi) is 9.31. The molecule has 0 saturated carbocycles. The molecule has 2 aromatic carbocycles. The molecule has 0 spiro atoms. The fraction of sp³-hybridized carbons (Fsp3) is 0.278. The van der Waals surface area contributed by atoms with E-state index >= 15 is 0 Å². The molecular weight excluding hydrogens is 294 g/mol. The van der Waals surface area contributed by atoms with E-state index in [9.17, 15) is 4.79 Å². The van der Waals surface area contributed by atoms with Gasteiger partial charge in [-0.05, 0) is 24.1 Å². The van der Waals surface area contributed by atoms with Gasteiger partial charge < -0.3 is 20.7 Å². The minimum atomic E-state index is -0.966. The average Bonchev–Trinajstić information content (AvgIpc) is 2.58. The van der Waals surface area contributed by atoms with Crippen molar-refractivity contribution in [1.82, 2.24) is 0 Å². The average molecular weight is 317 g/mol. The van der Waals surface area contributed by atoms with Crippen molar-refractivity contribution in [1.29, 1.82) is 0 Å². The van der Waals surface area contributed by atoms with E-state index < -0.39 is 5.97 Å². The van der Waals surface area contributed by atoms with Crippen molar-refractivity contribution in [3.63, 3.8) is 0 Å². The summed E-state index contributed by atoms with van der Waals surface area (Å²) in [5.74, 6) is -0.966. The van der Waals surface area contributed by atoms with E-state index in [-0.39, 0.29) is 19.3 Å². The van der Waals surface area contributed by atoms with Crippen molar-refractivity contribution in [2.24, 2.45) is 5.73 Å². The van der Waals surface area contributed by atoms with Crippen LogP contribution in [0, 0.1) is 0 Å². The summed E-state index contributed by atoms with van der Waals surface area (Å²) in [7, 11) is 0. The van der Waals surface area contributed by atoms with Crippen LogP contribution in [0.15, 0.2) is 60.7 Å². The van der Waals surface area contributed by atoms with Crippen molar-refractivity contribution >= 4 is 5.97 Å². The zero-order valence-electron chi connectivity index (χ0n) is 13.0. The molecule has 2 aromatic rings. The zero-order chi connectivity index (χ0) is 16.9. The maximum Gasteiger partial charge on any atom is 0.329 e. The summed E-state index contributed by atoms with van der Waals surface area (Å²) in [6, 6.07) is 19.2. The molecule has 124 valence electrons. The Morgan fingerprint density at radius 1 is 1.00 bits per heavy atom. The number of benzene rings is 2. The molecule has 5 nitrogen and oxygen atoms in total. The number of aliphatic carboxylic acids is 1. The number of carbonyl (C=O) groups is 1. The van der Waals surface area contributed by atoms with Crippen LogP contribution in [-0.2, 0) is 9.53 Å². The molecule has 0 aliphatic carbocycles. The van der Waals surface area contributed by atoms with Gasteiger partial charge in [0.1, 0.15) is 12.7 Å². The molecular formula is C18H23NO4. The van der Waals surface area contributed by atoms with Gasteiger partial charge in [0.05, 0.1) is 0 Å². The van der Waals surface area contributed by atoms with Gasteiger partial charge in [-0.3, -0.25) is 0 Å². The molecule has 0 aliphatic rings. The van der Waals surface area contributed by atoms with Gasteiger partial charge in [-0.1, -0.05) is 60.7 Å². The fourth-order valence-corrected chi connectivity index (χ4v) is 1.89. The van der Waals surface area contributed by atoms with Crippen molar-refractivity contribution in [2.75, 3.05) is 19.8 Å². The number of carboxylic acids is 1. The van der Waals surface area contributed by atoms with Gasteiger partial charge in [0.25, 0.3) is 0 Å². The van der Waals surface area contributed by atoms with Gasteiger partial charge in [-0.15, -0.1) is 0 Å². The Balaban J connectivity index is 0.000000463. The fourth-order valence-electron chi connectivity index (χ4n) is 1.89. The molecule has 0 aliphatic heterocycles. The molecule has 0 amide bonds. The SMILES string of the molecule is NCCCO.O=C(O)COC(c1ccccc1)c1ccccc1. The first-order valence-electron chi connectivity index (χ1n) is 7.43. The normalized spacial score (nSPS) is 10.0. The van der Waals surface area contributed by atoms with Crippen LogP contribution in [0.3, 0.4) is 0 Å². The highest BCUT2D eigenvalue weighted by Gasteiger charge is 2.15. The lowest BCUT2D eigenvalue weighted by Gasteiger charge is -2.17. The van der Waals surface area contributed by atoms with Crippen LogP contribution < -0.4 is 5.73 Å². The second kappa shape index (κ2) is 11.4. The Hall–Kier alpha value is -2.21. The van der Waals surface area contributed by atoms with E-state index in [0.29, 0.717) is 6.54 Å². The molecule has 4 N–H and O–H groups in total. The first-order chi connectivity index (χ1) is 11.2. The molecule has 0 heterocycles. The highest BCUT2D eigenvalue weighted by molar-refractivity contribution is 5.68. The molecule has 0 fully saturated rings.